The second-order valence-electron chi connectivity index (χ2n) is 7.82. The topological polar surface area (TPSA) is 79.1 Å². The van der Waals surface area contributed by atoms with Crippen LogP contribution >= 0.6 is 0 Å². The maximum Gasteiger partial charge on any atom is 0.225 e. The number of nitrogens with two attached hydrogens (primary N) is 1. The summed E-state index contributed by atoms with van der Waals surface area (Å²) >= 11 is 0. The Morgan fingerprint density at radius 2 is 1.80 bits per heavy atom. The predicted molar refractivity (Wildman–Crippen MR) is 102 cm³/mol. The lowest BCUT2D eigenvalue weighted by Crippen LogP contribution is -2.43. The van der Waals surface area contributed by atoms with E-state index in [4.69, 9.17) is 15.7 Å². The number of anilines is 2. The molecular formula is C19H32N6. The third kappa shape index (κ3) is 3.90. The minimum atomic E-state index is 0.219. The molecule has 0 radical (unpaired) electrons. The Morgan fingerprint density at radius 3 is 2.60 bits per heavy atom. The van der Waals surface area contributed by atoms with Crippen molar-refractivity contribution in [3.63, 3.8) is 0 Å². The van der Waals surface area contributed by atoms with Gasteiger partial charge in [0, 0.05) is 50.2 Å². The van der Waals surface area contributed by atoms with Crippen LogP contribution in [-0.2, 0) is 13.0 Å². The highest BCUT2D eigenvalue weighted by Crippen LogP contribution is 2.28. The molecule has 3 aliphatic rings. The van der Waals surface area contributed by atoms with E-state index in [0.29, 0.717) is 6.04 Å². The van der Waals surface area contributed by atoms with E-state index >= 15 is 0 Å². The monoisotopic (exact) mass is 344 g/mol. The first-order valence-corrected chi connectivity index (χ1v) is 10.2. The molecule has 6 nitrogen and oxygen atoms in total. The van der Waals surface area contributed by atoms with Gasteiger partial charge in [-0.15, -0.1) is 0 Å². The van der Waals surface area contributed by atoms with Gasteiger partial charge in [-0.1, -0.05) is 25.7 Å². The zero-order chi connectivity index (χ0) is 17.1. The Morgan fingerprint density at radius 1 is 1.00 bits per heavy atom. The fourth-order valence-electron chi connectivity index (χ4n) is 4.44. The molecule has 4 rings (SSSR count). The van der Waals surface area contributed by atoms with Gasteiger partial charge in [0.25, 0.3) is 0 Å². The second-order valence-corrected chi connectivity index (χ2v) is 7.82. The summed E-state index contributed by atoms with van der Waals surface area (Å²) in [5.74, 6) is 1.95. The average molecular weight is 345 g/mol. The van der Waals surface area contributed by atoms with Gasteiger partial charge in [0.2, 0.25) is 5.95 Å². The zero-order valence-electron chi connectivity index (χ0n) is 15.3. The van der Waals surface area contributed by atoms with Gasteiger partial charge in [0.05, 0.1) is 5.69 Å². The fourth-order valence-corrected chi connectivity index (χ4v) is 4.44. The van der Waals surface area contributed by atoms with Crippen LogP contribution in [0.5, 0.6) is 0 Å². The van der Waals surface area contributed by atoms with E-state index in [1.807, 2.05) is 0 Å². The molecule has 6 heteroatoms. The van der Waals surface area contributed by atoms with Gasteiger partial charge < -0.3 is 21.3 Å². The number of rotatable bonds is 3. The molecule has 1 aromatic rings. The van der Waals surface area contributed by atoms with Crippen molar-refractivity contribution in [1.82, 2.24) is 15.3 Å². The van der Waals surface area contributed by atoms with Gasteiger partial charge in [-0.2, -0.15) is 4.98 Å². The van der Waals surface area contributed by atoms with Gasteiger partial charge in [0.15, 0.2) is 0 Å². The standard InChI is InChI=1S/C19H32N6/c20-15-7-3-4-8-17(15)23-19-22-16-9-10-21-13-14(16)18(24-19)25-11-5-1-2-6-12-25/h15,17,21H,1-13,20H2,(H,22,23,24). The summed E-state index contributed by atoms with van der Waals surface area (Å²) in [4.78, 5) is 12.4. The highest BCUT2D eigenvalue weighted by molar-refractivity contribution is 5.54. The molecule has 1 aromatic heterocycles. The Labute approximate surface area is 151 Å². The summed E-state index contributed by atoms with van der Waals surface area (Å²) in [6, 6.07) is 0.530. The largest absolute Gasteiger partial charge is 0.356 e. The molecule has 0 amide bonds. The van der Waals surface area contributed by atoms with Crippen LogP contribution < -0.4 is 21.3 Å². The van der Waals surface area contributed by atoms with E-state index in [1.54, 1.807) is 0 Å². The molecule has 1 aliphatic carbocycles. The third-order valence-electron chi connectivity index (χ3n) is 5.95. The summed E-state index contributed by atoms with van der Waals surface area (Å²) in [5, 5.41) is 7.08. The molecule has 4 N–H and O–H groups in total. The van der Waals surface area contributed by atoms with Crippen molar-refractivity contribution in [2.24, 2.45) is 5.73 Å². The van der Waals surface area contributed by atoms with E-state index in [1.165, 1.54) is 49.8 Å². The van der Waals surface area contributed by atoms with Gasteiger partial charge in [-0.25, -0.2) is 4.98 Å². The number of nitrogens with zero attached hydrogens (tertiary/aromatic N) is 3. The Hall–Kier alpha value is -1.40. The second kappa shape index (κ2) is 7.87. The van der Waals surface area contributed by atoms with Crippen LogP contribution in [0, 0.1) is 0 Å². The van der Waals surface area contributed by atoms with Gasteiger partial charge >= 0.3 is 0 Å². The molecule has 0 spiro atoms. The maximum atomic E-state index is 6.33. The number of fused-ring (bicyclic) bond motifs is 1. The molecule has 2 atom stereocenters. The van der Waals surface area contributed by atoms with Crippen LogP contribution in [-0.4, -0.2) is 41.7 Å². The van der Waals surface area contributed by atoms with E-state index in [-0.39, 0.29) is 6.04 Å². The highest BCUT2D eigenvalue weighted by Gasteiger charge is 2.26. The highest BCUT2D eigenvalue weighted by atomic mass is 15.2. The fraction of sp³-hybridized carbons (Fsp3) is 0.789. The molecule has 2 unspecified atom stereocenters. The van der Waals surface area contributed by atoms with Crippen molar-refractivity contribution in [2.45, 2.75) is 76.4 Å². The van der Waals surface area contributed by atoms with E-state index in [2.05, 4.69) is 15.5 Å². The third-order valence-corrected chi connectivity index (χ3v) is 5.95. The van der Waals surface area contributed by atoms with Crippen molar-refractivity contribution in [2.75, 3.05) is 29.9 Å². The Balaban J connectivity index is 1.62. The summed E-state index contributed by atoms with van der Waals surface area (Å²) in [5.41, 5.74) is 8.86. The summed E-state index contributed by atoms with van der Waals surface area (Å²) in [6.45, 7) is 4.13. The van der Waals surface area contributed by atoms with Crippen LogP contribution in [0.1, 0.15) is 62.6 Å². The van der Waals surface area contributed by atoms with Crippen molar-refractivity contribution in [1.29, 1.82) is 0 Å². The van der Waals surface area contributed by atoms with Crippen LogP contribution in [0.2, 0.25) is 0 Å². The zero-order valence-corrected chi connectivity index (χ0v) is 15.3. The molecular weight excluding hydrogens is 312 g/mol. The Kier molecular flexibility index (Phi) is 5.36. The first-order chi connectivity index (χ1) is 12.3. The minimum absolute atomic E-state index is 0.219. The minimum Gasteiger partial charge on any atom is -0.356 e. The van der Waals surface area contributed by atoms with E-state index < -0.39 is 0 Å². The molecule has 25 heavy (non-hydrogen) atoms. The van der Waals surface area contributed by atoms with Crippen LogP contribution in [0.15, 0.2) is 0 Å². The van der Waals surface area contributed by atoms with Crippen LogP contribution in [0.4, 0.5) is 11.8 Å². The quantitative estimate of drug-likeness (QED) is 0.780. The molecule has 2 fully saturated rings. The lowest BCUT2D eigenvalue weighted by atomic mass is 9.91. The molecule has 0 bridgehead atoms. The van der Waals surface area contributed by atoms with Crippen molar-refractivity contribution < 1.29 is 0 Å². The maximum absolute atomic E-state index is 6.33. The van der Waals surface area contributed by atoms with E-state index in [9.17, 15) is 0 Å². The predicted octanol–water partition coefficient (Wildman–Crippen LogP) is 2.18. The molecule has 1 saturated carbocycles. The SMILES string of the molecule is NC1CCCCC1Nc1nc2c(c(N3CCCCCC3)n1)CNCC2. The molecule has 138 valence electrons. The smallest absolute Gasteiger partial charge is 0.225 e. The normalized spacial score (nSPS) is 27.5. The van der Waals surface area contributed by atoms with Gasteiger partial charge in [-0.3, -0.25) is 0 Å². The summed E-state index contributed by atoms with van der Waals surface area (Å²) in [6.07, 6.45) is 10.9. The number of hydrogen-bond acceptors (Lipinski definition) is 6. The average Bonchev–Trinajstić information content (AvgIpc) is 2.92. The number of hydrogen-bond donors (Lipinski definition) is 3. The Bertz CT molecular complexity index is 582. The van der Waals surface area contributed by atoms with Crippen molar-refractivity contribution in [3.05, 3.63) is 11.3 Å². The molecule has 3 heterocycles. The molecule has 2 aliphatic heterocycles. The van der Waals surface area contributed by atoms with Crippen LogP contribution in [0.25, 0.3) is 0 Å². The van der Waals surface area contributed by atoms with Crippen LogP contribution in [0.3, 0.4) is 0 Å². The number of aromatic nitrogens is 2. The van der Waals surface area contributed by atoms with Gasteiger partial charge in [-0.05, 0) is 25.7 Å². The lowest BCUT2D eigenvalue weighted by molar-refractivity contribution is 0.402. The van der Waals surface area contributed by atoms with Crippen molar-refractivity contribution in [3.8, 4) is 0 Å². The first-order valence-electron chi connectivity index (χ1n) is 10.2. The summed E-state index contributed by atoms with van der Waals surface area (Å²) in [7, 11) is 0. The first kappa shape index (κ1) is 17.0. The van der Waals surface area contributed by atoms with E-state index in [0.717, 1.165) is 57.2 Å². The number of nitrogens with one attached hydrogen (secondary N) is 2. The van der Waals surface area contributed by atoms with Crippen molar-refractivity contribution >= 4 is 11.8 Å². The summed E-state index contributed by atoms with van der Waals surface area (Å²) < 4.78 is 0. The van der Waals surface area contributed by atoms with Gasteiger partial charge in [0.1, 0.15) is 5.82 Å². The lowest BCUT2D eigenvalue weighted by Gasteiger charge is -2.31. The molecule has 1 saturated heterocycles. The molecule has 0 aromatic carbocycles.